The largest absolute Gasteiger partial charge is 0.347 e. The Balaban J connectivity index is 1.11. The van der Waals surface area contributed by atoms with Gasteiger partial charge in [0.05, 0.1) is 13.1 Å². The summed E-state index contributed by atoms with van der Waals surface area (Å²) in [5.41, 5.74) is 1.89. The quantitative estimate of drug-likeness (QED) is 0.396. The Kier molecular flexibility index (Phi) is 9.03. The second kappa shape index (κ2) is 13.0. The van der Waals surface area contributed by atoms with E-state index in [4.69, 9.17) is 0 Å². The zero-order valence-corrected chi connectivity index (χ0v) is 21.9. The summed E-state index contributed by atoms with van der Waals surface area (Å²) >= 11 is 0. The summed E-state index contributed by atoms with van der Waals surface area (Å²) in [4.78, 5) is 32.6. The van der Waals surface area contributed by atoms with Crippen LogP contribution < -0.4 is 5.32 Å². The fraction of sp³-hybridized carbons (Fsp3) is 0.552. The van der Waals surface area contributed by atoms with Gasteiger partial charge in [-0.2, -0.15) is 0 Å². The van der Waals surface area contributed by atoms with Crippen LogP contribution in [0.1, 0.15) is 85.4 Å². The lowest BCUT2D eigenvalue weighted by Gasteiger charge is -2.38. The Hall–Kier alpha value is -2.97. The fourth-order valence-electron chi connectivity index (χ4n) is 5.82. The van der Waals surface area contributed by atoms with Gasteiger partial charge in [0.25, 0.3) is 5.91 Å². The second-order valence-electron chi connectivity index (χ2n) is 10.6. The van der Waals surface area contributed by atoms with E-state index in [1.807, 2.05) is 12.1 Å². The van der Waals surface area contributed by atoms with Crippen LogP contribution in [0.4, 0.5) is 0 Å². The van der Waals surface area contributed by atoms with E-state index < -0.39 is 0 Å². The first-order chi connectivity index (χ1) is 18.2. The molecule has 1 amide bonds. The van der Waals surface area contributed by atoms with Gasteiger partial charge in [-0.3, -0.25) is 4.79 Å². The molecule has 3 aromatic rings. The summed E-state index contributed by atoms with van der Waals surface area (Å²) in [6.07, 6.45) is 19.1. The molecule has 1 saturated heterocycles. The van der Waals surface area contributed by atoms with Crippen molar-refractivity contribution in [3.05, 3.63) is 71.8 Å². The number of likely N-dealkylation sites (tertiary alicyclic amines) is 1. The Morgan fingerprint density at radius 3 is 2.03 bits per heavy atom. The first-order valence-electron chi connectivity index (χ1n) is 14.1. The zero-order valence-electron chi connectivity index (χ0n) is 21.9. The fourth-order valence-corrected chi connectivity index (χ4v) is 5.82. The van der Waals surface area contributed by atoms with E-state index in [9.17, 15) is 4.79 Å². The standard InChI is InChI=1S/C29H41N7O/c37-29(36(21-27-30-14-15-31-27)22-28-32-16-17-33-28)24-8-6-23(7-9-24)20-34-25-10-12-26(13-11-25)35-18-4-2-1-3-5-19-35/h6-9,14-17,25-26,34H,1-5,10-13,18-22H2,(H,30,31)(H,32,33). The summed E-state index contributed by atoms with van der Waals surface area (Å²) in [6, 6.07) is 9.40. The summed E-state index contributed by atoms with van der Waals surface area (Å²) in [5, 5.41) is 3.78. The molecule has 0 spiro atoms. The van der Waals surface area contributed by atoms with E-state index in [2.05, 4.69) is 42.3 Å². The summed E-state index contributed by atoms with van der Waals surface area (Å²) in [5.74, 6) is 1.47. The highest BCUT2D eigenvalue weighted by Gasteiger charge is 2.26. The van der Waals surface area contributed by atoms with Crippen LogP contribution in [-0.2, 0) is 19.6 Å². The molecule has 3 N–H and O–H groups in total. The number of rotatable bonds is 9. The van der Waals surface area contributed by atoms with Crippen molar-refractivity contribution in [2.24, 2.45) is 0 Å². The molecule has 0 atom stereocenters. The Bertz CT molecular complexity index is 1010. The maximum Gasteiger partial charge on any atom is 0.254 e. The topological polar surface area (TPSA) is 92.9 Å². The number of aromatic nitrogens is 4. The van der Waals surface area contributed by atoms with Gasteiger partial charge in [0.15, 0.2) is 0 Å². The molecule has 1 aliphatic heterocycles. The highest BCUT2D eigenvalue weighted by molar-refractivity contribution is 5.94. The number of hydrogen-bond acceptors (Lipinski definition) is 5. The number of amides is 1. The van der Waals surface area contributed by atoms with E-state index in [-0.39, 0.29) is 5.91 Å². The van der Waals surface area contributed by atoms with E-state index in [0.717, 1.165) is 24.2 Å². The highest BCUT2D eigenvalue weighted by Crippen LogP contribution is 2.25. The van der Waals surface area contributed by atoms with Gasteiger partial charge in [0, 0.05) is 49.0 Å². The number of carbonyl (C=O) groups is 1. The Morgan fingerprint density at radius 1 is 0.865 bits per heavy atom. The van der Waals surface area contributed by atoms with Crippen molar-refractivity contribution >= 4 is 5.91 Å². The molecule has 1 aliphatic carbocycles. The maximum absolute atomic E-state index is 13.3. The maximum atomic E-state index is 13.3. The first-order valence-corrected chi connectivity index (χ1v) is 14.1. The van der Waals surface area contributed by atoms with Crippen LogP contribution in [0.2, 0.25) is 0 Å². The lowest BCUT2D eigenvalue weighted by Crippen LogP contribution is -2.43. The number of imidazole rings is 2. The zero-order chi connectivity index (χ0) is 25.3. The number of nitrogens with one attached hydrogen (secondary N) is 3. The second-order valence-corrected chi connectivity index (χ2v) is 10.6. The van der Waals surface area contributed by atoms with E-state index in [1.165, 1.54) is 76.4 Å². The van der Waals surface area contributed by atoms with E-state index in [1.54, 1.807) is 29.7 Å². The molecule has 0 bridgehead atoms. The van der Waals surface area contributed by atoms with Crippen LogP contribution in [0.25, 0.3) is 0 Å². The van der Waals surface area contributed by atoms with Crippen LogP contribution in [-0.4, -0.2) is 60.8 Å². The lowest BCUT2D eigenvalue weighted by atomic mass is 9.89. The van der Waals surface area contributed by atoms with Crippen LogP contribution in [0.5, 0.6) is 0 Å². The van der Waals surface area contributed by atoms with E-state index >= 15 is 0 Å². The molecule has 198 valence electrons. The Morgan fingerprint density at radius 2 is 1.46 bits per heavy atom. The van der Waals surface area contributed by atoms with Gasteiger partial charge in [0.1, 0.15) is 11.6 Å². The molecule has 1 aromatic carbocycles. The third-order valence-corrected chi connectivity index (χ3v) is 7.98. The predicted molar refractivity (Wildman–Crippen MR) is 145 cm³/mol. The third kappa shape index (κ3) is 7.29. The van der Waals surface area contributed by atoms with Crippen LogP contribution in [0, 0.1) is 0 Å². The van der Waals surface area contributed by atoms with Gasteiger partial charge in [0.2, 0.25) is 0 Å². The SMILES string of the molecule is O=C(c1ccc(CNC2CCC(N3CCCCCCC3)CC2)cc1)N(Cc1ncc[nH]1)Cc1ncc[nH]1. The lowest BCUT2D eigenvalue weighted by molar-refractivity contribution is 0.0721. The van der Waals surface area contributed by atoms with Crippen LogP contribution in [0.3, 0.4) is 0 Å². The minimum absolute atomic E-state index is 0.0325. The third-order valence-electron chi connectivity index (χ3n) is 7.98. The van der Waals surface area contributed by atoms with Gasteiger partial charge in [-0.05, 0) is 69.3 Å². The number of aromatic amines is 2. The molecule has 37 heavy (non-hydrogen) atoms. The molecular formula is C29H41N7O. The number of hydrogen-bond donors (Lipinski definition) is 3. The molecule has 8 heteroatoms. The monoisotopic (exact) mass is 503 g/mol. The van der Waals surface area contributed by atoms with Gasteiger partial charge in [-0.15, -0.1) is 0 Å². The smallest absolute Gasteiger partial charge is 0.254 e. The predicted octanol–water partition coefficient (Wildman–Crippen LogP) is 4.64. The van der Waals surface area contributed by atoms with Crippen molar-refractivity contribution < 1.29 is 4.79 Å². The summed E-state index contributed by atoms with van der Waals surface area (Å²) in [7, 11) is 0. The van der Waals surface area contributed by atoms with Crippen LogP contribution >= 0.6 is 0 Å². The number of benzene rings is 1. The van der Waals surface area contributed by atoms with E-state index in [0.29, 0.717) is 24.7 Å². The van der Waals surface area contributed by atoms with Crippen molar-refractivity contribution in [2.75, 3.05) is 13.1 Å². The van der Waals surface area contributed by atoms with Gasteiger partial charge in [-0.25, -0.2) is 9.97 Å². The van der Waals surface area contributed by atoms with Gasteiger partial charge >= 0.3 is 0 Å². The van der Waals surface area contributed by atoms with Crippen LogP contribution in [0.15, 0.2) is 49.1 Å². The van der Waals surface area contributed by atoms with Crippen molar-refractivity contribution in [1.29, 1.82) is 0 Å². The number of carbonyl (C=O) groups excluding carboxylic acids is 1. The minimum atomic E-state index is -0.0325. The Labute approximate surface area is 220 Å². The molecule has 8 nitrogen and oxygen atoms in total. The molecule has 5 rings (SSSR count). The van der Waals surface area contributed by atoms with Crippen molar-refractivity contribution in [2.45, 2.75) is 89.5 Å². The average Bonchev–Trinajstić information content (AvgIpc) is 3.62. The molecule has 0 radical (unpaired) electrons. The van der Waals surface area contributed by atoms with Crippen molar-refractivity contribution in [3.63, 3.8) is 0 Å². The highest BCUT2D eigenvalue weighted by atomic mass is 16.2. The molecule has 2 aliphatic rings. The molecule has 2 fully saturated rings. The summed E-state index contributed by atoms with van der Waals surface area (Å²) < 4.78 is 0. The molecular weight excluding hydrogens is 462 g/mol. The minimum Gasteiger partial charge on any atom is -0.347 e. The number of H-pyrrole nitrogens is 2. The van der Waals surface area contributed by atoms with Crippen molar-refractivity contribution in [3.8, 4) is 0 Å². The average molecular weight is 504 g/mol. The molecule has 2 aromatic heterocycles. The van der Waals surface area contributed by atoms with Gasteiger partial charge in [-0.1, -0.05) is 31.4 Å². The van der Waals surface area contributed by atoms with Gasteiger partial charge < -0.3 is 25.1 Å². The first kappa shape index (κ1) is 25.7. The molecule has 1 saturated carbocycles. The molecule has 3 heterocycles. The van der Waals surface area contributed by atoms with Crippen molar-refractivity contribution in [1.82, 2.24) is 35.1 Å². The molecule has 0 unspecified atom stereocenters. The number of nitrogens with zero attached hydrogens (tertiary/aromatic N) is 4. The summed E-state index contributed by atoms with van der Waals surface area (Å²) in [6.45, 7) is 4.24. The normalized spacial score (nSPS) is 21.3.